The molecule has 2 fully saturated rings. The molecular formula is C20H27N3O6. The highest BCUT2D eigenvalue weighted by Gasteiger charge is 2.51. The zero-order valence-electron chi connectivity index (χ0n) is 17.0. The van der Waals surface area contributed by atoms with Crippen LogP contribution in [0.3, 0.4) is 0 Å². The third-order valence-corrected chi connectivity index (χ3v) is 5.52. The van der Waals surface area contributed by atoms with Crippen LogP contribution in [-0.4, -0.2) is 56.2 Å². The van der Waals surface area contributed by atoms with E-state index in [-0.39, 0.29) is 19.0 Å². The molecule has 29 heavy (non-hydrogen) atoms. The number of rotatable bonds is 7. The largest absolute Gasteiger partial charge is 0.496 e. The van der Waals surface area contributed by atoms with Gasteiger partial charge in [-0.15, -0.1) is 0 Å². The Morgan fingerprint density at radius 2 is 1.66 bits per heavy atom. The van der Waals surface area contributed by atoms with Gasteiger partial charge in [-0.25, -0.2) is 4.79 Å². The van der Waals surface area contributed by atoms with Gasteiger partial charge in [0, 0.05) is 18.2 Å². The maximum atomic E-state index is 12.8. The van der Waals surface area contributed by atoms with Crippen LogP contribution in [0, 0.1) is 0 Å². The SMILES string of the molecule is COc1cc(OC)c(OC)cc1CNC(=O)CN1C(=O)NC2(CCCCC2)C1=O. The normalized spacial score (nSPS) is 17.8. The predicted octanol–water partition coefficient (Wildman–Crippen LogP) is 1.58. The number of methoxy groups -OCH3 is 3. The fraction of sp³-hybridized carbons (Fsp3) is 0.550. The first-order chi connectivity index (χ1) is 13.9. The van der Waals surface area contributed by atoms with Gasteiger partial charge in [0.15, 0.2) is 11.5 Å². The molecule has 0 unspecified atom stereocenters. The number of imide groups is 1. The van der Waals surface area contributed by atoms with E-state index in [1.165, 1.54) is 21.3 Å². The van der Waals surface area contributed by atoms with Gasteiger partial charge in [0.1, 0.15) is 17.8 Å². The van der Waals surface area contributed by atoms with Gasteiger partial charge in [-0.1, -0.05) is 19.3 Å². The minimum absolute atomic E-state index is 0.150. The lowest BCUT2D eigenvalue weighted by Gasteiger charge is -2.30. The first-order valence-corrected chi connectivity index (χ1v) is 9.64. The zero-order valence-corrected chi connectivity index (χ0v) is 17.0. The van der Waals surface area contributed by atoms with E-state index in [0.717, 1.165) is 24.2 Å². The number of hydrogen-bond acceptors (Lipinski definition) is 6. The second kappa shape index (κ2) is 8.59. The van der Waals surface area contributed by atoms with Gasteiger partial charge >= 0.3 is 6.03 Å². The van der Waals surface area contributed by atoms with Gasteiger partial charge in [0.05, 0.1) is 21.3 Å². The molecule has 4 amide bonds. The summed E-state index contributed by atoms with van der Waals surface area (Å²) in [5.74, 6) is 0.806. The fourth-order valence-corrected chi connectivity index (χ4v) is 3.94. The third kappa shape index (κ3) is 4.08. The highest BCUT2D eigenvalue weighted by atomic mass is 16.5. The average Bonchev–Trinajstić information content (AvgIpc) is 2.95. The summed E-state index contributed by atoms with van der Waals surface area (Å²) in [5, 5.41) is 5.53. The summed E-state index contributed by atoms with van der Waals surface area (Å²) in [6.45, 7) is -0.167. The lowest BCUT2D eigenvalue weighted by Crippen LogP contribution is -2.49. The Morgan fingerprint density at radius 3 is 2.28 bits per heavy atom. The molecule has 2 N–H and O–H groups in total. The number of nitrogens with one attached hydrogen (secondary N) is 2. The van der Waals surface area contributed by atoms with E-state index in [1.54, 1.807) is 12.1 Å². The minimum Gasteiger partial charge on any atom is -0.496 e. The number of carbonyl (C=O) groups excluding carboxylic acids is 3. The highest BCUT2D eigenvalue weighted by molar-refractivity contribution is 6.09. The standard InChI is InChI=1S/C20H27N3O6/c1-27-14-10-16(29-3)15(28-2)9-13(14)11-21-17(24)12-23-18(25)20(22-19(23)26)7-5-4-6-8-20/h9-10H,4-8,11-12H2,1-3H3,(H,21,24)(H,22,26). The number of hydrogen-bond donors (Lipinski definition) is 2. The van der Waals surface area contributed by atoms with Crippen LogP contribution in [0.1, 0.15) is 37.7 Å². The van der Waals surface area contributed by atoms with E-state index < -0.39 is 17.5 Å². The maximum absolute atomic E-state index is 12.8. The van der Waals surface area contributed by atoms with Crippen LogP contribution >= 0.6 is 0 Å². The number of carbonyl (C=O) groups is 3. The highest BCUT2D eigenvalue weighted by Crippen LogP contribution is 2.35. The number of nitrogens with zero attached hydrogens (tertiary/aromatic N) is 1. The average molecular weight is 405 g/mol. The van der Waals surface area contributed by atoms with E-state index >= 15 is 0 Å². The summed E-state index contributed by atoms with van der Waals surface area (Å²) in [5.41, 5.74) is -0.151. The van der Waals surface area contributed by atoms with E-state index in [9.17, 15) is 14.4 Å². The van der Waals surface area contributed by atoms with Gasteiger partial charge in [-0.2, -0.15) is 0 Å². The molecule has 1 aliphatic carbocycles. The molecule has 1 saturated heterocycles. The van der Waals surface area contributed by atoms with Crippen LogP contribution < -0.4 is 24.8 Å². The molecule has 2 aliphatic rings. The predicted molar refractivity (Wildman–Crippen MR) is 104 cm³/mol. The lowest BCUT2D eigenvalue weighted by molar-refractivity contribution is -0.135. The molecule has 9 nitrogen and oxygen atoms in total. The van der Waals surface area contributed by atoms with Crippen LogP contribution in [0.15, 0.2) is 12.1 Å². The van der Waals surface area contributed by atoms with Gasteiger partial charge in [0.2, 0.25) is 5.91 Å². The molecule has 1 saturated carbocycles. The van der Waals surface area contributed by atoms with Gasteiger partial charge in [0.25, 0.3) is 5.91 Å². The number of ether oxygens (including phenoxy) is 3. The fourth-order valence-electron chi connectivity index (χ4n) is 3.94. The van der Waals surface area contributed by atoms with Crippen LogP contribution in [0.2, 0.25) is 0 Å². The van der Waals surface area contributed by atoms with Gasteiger partial charge < -0.3 is 24.8 Å². The van der Waals surface area contributed by atoms with Crippen LogP contribution in [0.4, 0.5) is 4.79 Å². The molecule has 1 aliphatic heterocycles. The Balaban J connectivity index is 1.64. The van der Waals surface area contributed by atoms with Crippen molar-refractivity contribution in [3.8, 4) is 17.2 Å². The van der Waals surface area contributed by atoms with Crippen LogP contribution in [0.25, 0.3) is 0 Å². The van der Waals surface area contributed by atoms with E-state index in [1.807, 2.05) is 0 Å². The molecule has 158 valence electrons. The van der Waals surface area contributed by atoms with Crippen LogP contribution in [0.5, 0.6) is 17.2 Å². The molecular weight excluding hydrogens is 378 g/mol. The zero-order chi connectivity index (χ0) is 21.0. The summed E-state index contributed by atoms with van der Waals surface area (Å²) < 4.78 is 15.9. The Bertz CT molecular complexity index is 804. The summed E-state index contributed by atoms with van der Waals surface area (Å²) >= 11 is 0. The van der Waals surface area contributed by atoms with Crippen molar-refractivity contribution in [3.05, 3.63) is 17.7 Å². The monoisotopic (exact) mass is 405 g/mol. The second-order valence-electron chi connectivity index (χ2n) is 7.26. The van der Waals surface area contributed by atoms with E-state index in [2.05, 4.69) is 10.6 Å². The first kappa shape index (κ1) is 20.8. The molecule has 0 radical (unpaired) electrons. The summed E-state index contributed by atoms with van der Waals surface area (Å²) in [6, 6.07) is 2.88. The number of urea groups is 1. The molecule has 1 aromatic rings. The molecule has 1 spiro atoms. The number of benzene rings is 1. The third-order valence-electron chi connectivity index (χ3n) is 5.52. The smallest absolute Gasteiger partial charge is 0.325 e. The van der Waals surface area contributed by atoms with E-state index in [4.69, 9.17) is 14.2 Å². The van der Waals surface area contributed by atoms with Crippen molar-refractivity contribution in [2.75, 3.05) is 27.9 Å². The molecule has 0 aromatic heterocycles. The maximum Gasteiger partial charge on any atom is 0.325 e. The second-order valence-corrected chi connectivity index (χ2v) is 7.26. The molecule has 1 aromatic carbocycles. The quantitative estimate of drug-likeness (QED) is 0.667. The molecule has 1 heterocycles. The van der Waals surface area contributed by atoms with Gasteiger partial charge in [-0.05, 0) is 18.9 Å². The Morgan fingerprint density at radius 1 is 1.03 bits per heavy atom. The Hall–Kier alpha value is -2.97. The van der Waals surface area contributed by atoms with Crippen molar-refractivity contribution in [2.24, 2.45) is 0 Å². The summed E-state index contributed by atoms with van der Waals surface area (Å²) in [4.78, 5) is 38.5. The van der Waals surface area contributed by atoms with Crippen molar-refractivity contribution in [1.29, 1.82) is 0 Å². The first-order valence-electron chi connectivity index (χ1n) is 9.64. The topological polar surface area (TPSA) is 106 Å². The molecule has 0 atom stereocenters. The number of amides is 4. The van der Waals surface area contributed by atoms with Crippen molar-refractivity contribution >= 4 is 17.8 Å². The Kier molecular flexibility index (Phi) is 6.14. The molecule has 3 rings (SSSR count). The van der Waals surface area contributed by atoms with Crippen molar-refractivity contribution in [3.63, 3.8) is 0 Å². The summed E-state index contributed by atoms with van der Waals surface area (Å²) in [7, 11) is 4.56. The molecule has 0 bridgehead atoms. The van der Waals surface area contributed by atoms with Crippen molar-refractivity contribution < 1.29 is 28.6 Å². The van der Waals surface area contributed by atoms with Crippen LogP contribution in [-0.2, 0) is 16.1 Å². The van der Waals surface area contributed by atoms with Gasteiger partial charge in [-0.3, -0.25) is 14.5 Å². The Labute approximate surface area is 169 Å². The minimum atomic E-state index is -0.831. The van der Waals surface area contributed by atoms with Crippen molar-refractivity contribution in [2.45, 2.75) is 44.2 Å². The van der Waals surface area contributed by atoms with E-state index in [0.29, 0.717) is 35.7 Å². The summed E-state index contributed by atoms with van der Waals surface area (Å²) in [6.07, 6.45) is 4.09. The lowest BCUT2D eigenvalue weighted by atomic mass is 9.82. The molecule has 9 heteroatoms. The van der Waals surface area contributed by atoms with Crippen molar-refractivity contribution in [1.82, 2.24) is 15.5 Å².